The van der Waals surface area contributed by atoms with E-state index in [9.17, 15) is 4.79 Å². The summed E-state index contributed by atoms with van der Waals surface area (Å²) in [7, 11) is 0. The highest BCUT2D eigenvalue weighted by atomic mass is 16.5. The molecule has 0 fully saturated rings. The summed E-state index contributed by atoms with van der Waals surface area (Å²) < 4.78 is 5.56. The first-order valence-electron chi connectivity index (χ1n) is 6.76. The molecule has 2 atom stereocenters. The molecule has 0 saturated heterocycles. The number of unbranched alkanes of at least 4 members (excludes halogenated alkanes) is 3. The Kier molecular flexibility index (Phi) is 9.60. The normalized spacial score (nSPS) is 14.8. The van der Waals surface area contributed by atoms with Gasteiger partial charge in [0.25, 0.3) is 0 Å². The van der Waals surface area contributed by atoms with Crippen LogP contribution in [0.15, 0.2) is 0 Å². The lowest BCUT2D eigenvalue weighted by atomic mass is 10.0. The standard InChI is InChI=1S/C14H28O2/c1-5-7-8-9-10-13(4)16-11-14(15)12(3)6-2/h12-13H,5-11H2,1-4H3. The summed E-state index contributed by atoms with van der Waals surface area (Å²) in [5.74, 6) is 0.384. The monoisotopic (exact) mass is 228 g/mol. The highest BCUT2D eigenvalue weighted by Crippen LogP contribution is 2.09. The minimum Gasteiger partial charge on any atom is -0.371 e. The van der Waals surface area contributed by atoms with E-state index in [1.54, 1.807) is 0 Å². The zero-order valence-electron chi connectivity index (χ0n) is 11.4. The van der Waals surface area contributed by atoms with Crippen LogP contribution in [0.5, 0.6) is 0 Å². The molecule has 0 rings (SSSR count). The van der Waals surface area contributed by atoms with Crippen molar-refractivity contribution < 1.29 is 9.53 Å². The number of ether oxygens (including phenoxy) is 1. The fourth-order valence-corrected chi connectivity index (χ4v) is 1.54. The molecule has 2 nitrogen and oxygen atoms in total. The van der Waals surface area contributed by atoms with Crippen LogP contribution in [0.1, 0.15) is 66.2 Å². The first-order chi connectivity index (χ1) is 7.61. The van der Waals surface area contributed by atoms with Gasteiger partial charge in [-0.1, -0.05) is 46.5 Å². The zero-order valence-corrected chi connectivity index (χ0v) is 11.4. The predicted molar refractivity (Wildman–Crippen MR) is 68.6 cm³/mol. The van der Waals surface area contributed by atoms with Crippen molar-refractivity contribution in [1.82, 2.24) is 0 Å². The Morgan fingerprint density at radius 1 is 1.12 bits per heavy atom. The molecule has 2 unspecified atom stereocenters. The molecule has 0 bridgehead atoms. The molecule has 0 aromatic rings. The Morgan fingerprint density at radius 2 is 1.81 bits per heavy atom. The summed E-state index contributed by atoms with van der Waals surface area (Å²) in [6.45, 7) is 8.58. The molecule has 0 aromatic heterocycles. The molecule has 0 amide bonds. The Hall–Kier alpha value is -0.370. The molecule has 0 N–H and O–H groups in total. The van der Waals surface area contributed by atoms with Crippen LogP contribution in [0.3, 0.4) is 0 Å². The van der Waals surface area contributed by atoms with Crippen molar-refractivity contribution in [2.24, 2.45) is 5.92 Å². The number of carbonyl (C=O) groups is 1. The average Bonchev–Trinajstić information content (AvgIpc) is 2.30. The van der Waals surface area contributed by atoms with Gasteiger partial charge in [-0.3, -0.25) is 4.79 Å². The summed E-state index contributed by atoms with van der Waals surface area (Å²) in [5, 5.41) is 0. The first kappa shape index (κ1) is 15.6. The van der Waals surface area contributed by atoms with Gasteiger partial charge >= 0.3 is 0 Å². The first-order valence-corrected chi connectivity index (χ1v) is 6.76. The van der Waals surface area contributed by atoms with E-state index in [1.165, 1.54) is 25.7 Å². The number of ketones is 1. The molecule has 0 aliphatic heterocycles. The second kappa shape index (κ2) is 9.83. The number of rotatable bonds is 10. The summed E-state index contributed by atoms with van der Waals surface area (Å²) in [4.78, 5) is 11.5. The van der Waals surface area contributed by atoms with Gasteiger partial charge in [0.15, 0.2) is 5.78 Å². The van der Waals surface area contributed by atoms with Crippen molar-refractivity contribution in [3.63, 3.8) is 0 Å². The van der Waals surface area contributed by atoms with Crippen molar-refractivity contribution in [2.75, 3.05) is 6.61 Å². The zero-order chi connectivity index (χ0) is 12.4. The highest BCUT2D eigenvalue weighted by molar-refractivity contribution is 5.81. The van der Waals surface area contributed by atoms with Crippen molar-refractivity contribution in [2.45, 2.75) is 72.3 Å². The van der Waals surface area contributed by atoms with Gasteiger partial charge in [0.05, 0.1) is 6.10 Å². The molecular weight excluding hydrogens is 200 g/mol. The van der Waals surface area contributed by atoms with Crippen LogP contribution >= 0.6 is 0 Å². The van der Waals surface area contributed by atoms with Crippen LogP contribution in [0.2, 0.25) is 0 Å². The minimum atomic E-state index is 0.146. The molecule has 2 heteroatoms. The van der Waals surface area contributed by atoms with Crippen LogP contribution in [0, 0.1) is 5.92 Å². The van der Waals surface area contributed by atoms with Crippen molar-refractivity contribution >= 4 is 5.78 Å². The van der Waals surface area contributed by atoms with E-state index in [1.807, 2.05) is 13.8 Å². The van der Waals surface area contributed by atoms with Gasteiger partial charge in [0.2, 0.25) is 0 Å². The summed E-state index contributed by atoms with van der Waals surface area (Å²) in [5.41, 5.74) is 0. The second-order valence-corrected chi connectivity index (χ2v) is 4.75. The lowest BCUT2D eigenvalue weighted by molar-refractivity contribution is -0.128. The Labute approximate surface area is 101 Å². The maximum absolute atomic E-state index is 11.5. The summed E-state index contributed by atoms with van der Waals surface area (Å²) in [6, 6.07) is 0. The average molecular weight is 228 g/mol. The Morgan fingerprint density at radius 3 is 2.38 bits per heavy atom. The molecule has 96 valence electrons. The molecule has 0 saturated carbocycles. The topological polar surface area (TPSA) is 26.3 Å². The van der Waals surface area contributed by atoms with Gasteiger partial charge in [-0.2, -0.15) is 0 Å². The maximum Gasteiger partial charge on any atom is 0.161 e. The van der Waals surface area contributed by atoms with Crippen molar-refractivity contribution in [3.8, 4) is 0 Å². The van der Waals surface area contributed by atoms with Crippen LogP contribution in [0.4, 0.5) is 0 Å². The molecule has 0 aliphatic carbocycles. The molecule has 0 aromatic carbocycles. The fraction of sp³-hybridized carbons (Fsp3) is 0.929. The van der Waals surface area contributed by atoms with Crippen LogP contribution in [0.25, 0.3) is 0 Å². The molecule has 0 spiro atoms. The number of carbonyl (C=O) groups excluding carboxylic acids is 1. The second-order valence-electron chi connectivity index (χ2n) is 4.75. The van der Waals surface area contributed by atoms with Crippen LogP contribution in [-0.4, -0.2) is 18.5 Å². The van der Waals surface area contributed by atoms with E-state index < -0.39 is 0 Å². The molecule has 0 radical (unpaired) electrons. The lowest BCUT2D eigenvalue weighted by Crippen LogP contribution is -2.20. The van der Waals surface area contributed by atoms with Crippen molar-refractivity contribution in [3.05, 3.63) is 0 Å². The predicted octanol–water partition coefficient (Wildman–Crippen LogP) is 3.98. The molecule has 0 heterocycles. The van der Waals surface area contributed by atoms with Gasteiger partial charge in [-0.15, -0.1) is 0 Å². The van der Waals surface area contributed by atoms with Gasteiger partial charge < -0.3 is 4.74 Å². The minimum absolute atomic E-state index is 0.146. The fourth-order valence-electron chi connectivity index (χ4n) is 1.54. The Bertz CT molecular complexity index is 178. The third-order valence-electron chi connectivity index (χ3n) is 3.14. The maximum atomic E-state index is 11.5. The van der Waals surface area contributed by atoms with E-state index in [-0.39, 0.29) is 17.8 Å². The quantitative estimate of drug-likeness (QED) is 0.529. The van der Waals surface area contributed by atoms with Crippen LogP contribution in [-0.2, 0) is 9.53 Å². The van der Waals surface area contributed by atoms with Crippen LogP contribution < -0.4 is 0 Å². The Balaban J connectivity index is 3.49. The third-order valence-corrected chi connectivity index (χ3v) is 3.14. The number of hydrogen-bond donors (Lipinski definition) is 0. The highest BCUT2D eigenvalue weighted by Gasteiger charge is 2.12. The van der Waals surface area contributed by atoms with E-state index >= 15 is 0 Å². The van der Waals surface area contributed by atoms with E-state index in [0.29, 0.717) is 6.61 Å². The van der Waals surface area contributed by atoms with Crippen molar-refractivity contribution in [1.29, 1.82) is 0 Å². The number of Topliss-reactive ketones (excluding diaryl/α,β-unsaturated/α-hetero) is 1. The molecular formula is C14H28O2. The third kappa shape index (κ3) is 7.86. The summed E-state index contributed by atoms with van der Waals surface area (Å²) >= 11 is 0. The van der Waals surface area contributed by atoms with Gasteiger partial charge in [-0.25, -0.2) is 0 Å². The molecule has 16 heavy (non-hydrogen) atoms. The number of hydrogen-bond acceptors (Lipinski definition) is 2. The largest absolute Gasteiger partial charge is 0.371 e. The lowest BCUT2D eigenvalue weighted by Gasteiger charge is -2.14. The van der Waals surface area contributed by atoms with E-state index in [4.69, 9.17) is 4.74 Å². The van der Waals surface area contributed by atoms with E-state index in [0.717, 1.165) is 12.8 Å². The summed E-state index contributed by atoms with van der Waals surface area (Å²) in [6.07, 6.45) is 7.28. The van der Waals surface area contributed by atoms with Gasteiger partial charge in [0.1, 0.15) is 6.61 Å². The SMILES string of the molecule is CCCCCCC(C)OCC(=O)C(C)CC. The van der Waals surface area contributed by atoms with E-state index in [2.05, 4.69) is 13.8 Å². The molecule has 0 aliphatic rings. The van der Waals surface area contributed by atoms with Gasteiger partial charge in [-0.05, 0) is 19.8 Å². The van der Waals surface area contributed by atoms with Gasteiger partial charge in [0, 0.05) is 5.92 Å². The smallest absolute Gasteiger partial charge is 0.161 e.